The van der Waals surface area contributed by atoms with Gasteiger partial charge in [-0.1, -0.05) is 17.7 Å². The number of hydrogen-bond donors (Lipinski definition) is 1. The zero-order chi connectivity index (χ0) is 16.8. The molecular weight excluding hydrogens is 332 g/mol. The average Bonchev–Trinajstić information content (AvgIpc) is 3.04. The van der Waals surface area contributed by atoms with Gasteiger partial charge in [0.1, 0.15) is 17.4 Å². The van der Waals surface area contributed by atoms with E-state index in [1.165, 1.54) is 0 Å². The van der Waals surface area contributed by atoms with Crippen LogP contribution in [0.5, 0.6) is 11.5 Å². The van der Waals surface area contributed by atoms with Gasteiger partial charge in [0, 0.05) is 18.4 Å². The second-order valence-corrected chi connectivity index (χ2v) is 6.12. The van der Waals surface area contributed by atoms with Gasteiger partial charge < -0.3 is 19.9 Å². The Morgan fingerprint density at radius 1 is 1.29 bits per heavy atom. The topological polar surface area (TPSA) is 94.6 Å². The summed E-state index contributed by atoms with van der Waals surface area (Å²) in [5, 5.41) is 9.88. The third-order valence-electron chi connectivity index (χ3n) is 4.42. The molecule has 2 heterocycles. The lowest BCUT2D eigenvalue weighted by Gasteiger charge is -2.31. The predicted molar refractivity (Wildman–Crippen MR) is 84.1 cm³/mol. The minimum atomic E-state index is -0.645. The Hall–Kier alpha value is -2.65. The molecule has 24 heavy (non-hydrogen) atoms. The highest BCUT2D eigenvalue weighted by Crippen LogP contribution is 2.49. The quantitative estimate of drug-likeness (QED) is 0.841. The van der Waals surface area contributed by atoms with Crippen molar-refractivity contribution in [1.82, 2.24) is 0 Å². The lowest BCUT2D eigenvalue weighted by molar-refractivity contribution is -0.116. The van der Waals surface area contributed by atoms with Crippen LogP contribution in [-0.2, 0) is 9.53 Å². The Bertz CT molecular complexity index is 866. The van der Waals surface area contributed by atoms with Crippen LogP contribution in [0.15, 0.2) is 34.9 Å². The Morgan fingerprint density at radius 3 is 2.92 bits per heavy atom. The van der Waals surface area contributed by atoms with Gasteiger partial charge in [-0.2, -0.15) is 5.26 Å². The SMILES string of the molecule is N#CC1=C(N)OC2=C(C(=O)CCC2)[C@@H]1c1ccc2c(c1Cl)OCO2. The van der Waals surface area contributed by atoms with Crippen molar-refractivity contribution >= 4 is 17.4 Å². The fraction of sp³-hybridized carbons (Fsp3) is 0.294. The maximum Gasteiger partial charge on any atom is 0.231 e. The van der Waals surface area contributed by atoms with Crippen LogP contribution >= 0.6 is 11.6 Å². The number of rotatable bonds is 1. The molecule has 3 aliphatic rings. The van der Waals surface area contributed by atoms with Crippen molar-refractivity contribution in [3.05, 3.63) is 45.5 Å². The van der Waals surface area contributed by atoms with E-state index in [2.05, 4.69) is 6.07 Å². The van der Waals surface area contributed by atoms with E-state index in [0.29, 0.717) is 52.7 Å². The van der Waals surface area contributed by atoms with E-state index in [-0.39, 0.29) is 24.0 Å². The third-order valence-corrected chi connectivity index (χ3v) is 4.81. The molecule has 0 fully saturated rings. The highest BCUT2D eigenvalue weighted by molar-refractivity contribution is 6.33. The predicted octanol–water partition coefficient (Wildman–Crippen LogP) is 2.88. The van der Waals surface area contributed by atoms with Crippen LogP contribution in [0, 0.1) is 11.3 Å². The number of benzene rings is 1. The number of allylic oxidation sites excluding steroid dienone is 3. The number of nitrogens with two attached hydrogens (primary N) is 1. The van der Waals surface area contributed by atoms with Crippen molar-refractivity contribution in [1.29, 1.82) is 5.26 Å². The molecule has 2 aliphatic heterocycles. The summed E-state index contributed by atoms with van der Waals surface area (Å²) in [6.07, 6.45) is 1.73. The molecule has 122 valence electrons. The number of ether oxygens (including phenoxy) is 3. The normalized spacial score (nSPS) is 22.2. The zero-order valence-electron chi connectivity index (χ0n) is 12.6. The number of fused-ring (bicyclic) bond motifs is 1. The Balaban J connectivity index is 1.93. The number of ketones is 1. The van der Waals surface area contributed by atoms with E-state index in [1.807, 2.05) is 0 Å². The van der Waals surface area contributed by atoms with Crippen LogP contribution in [-0.4, -0.2) is 12.6 Å². The molecule has 7 heteroatoms. The second kappa shape index (κ2) is 5.46. The summed E-state index contributed by atoms with van der Waals surface area (Å²) in [6.45, 7) is 0.0856. The number of halogens is 1. The molecule has 1 aromatic rings. The molecule has 0 saturated carbocycles. The fourth-order valence-electron chi connectivity index (χ4n) is 3.34. The van der Waals surface area contributed by atoms with Crippen LogP contribution in [0.3, 0.4) is 0 Å². The van der Waals surface area contributed by atoms with Crippen molar-refractivity contribution < 1.29 is 19.0 Å². The van der Waals surface area contributed by atoms with E-state index < -0.39 is 5.92 Å². The lowest BCUT2D eigenvalue weighted by atomic mass is 9.77. The van der Waals surface area contributed by atoms with Crippen molar-refractivity contribution in [2.45, 2.75) is 25.2 Å². The maximum atomic E-state index is 12.5. The molecule has 6 nitrogen and oxygen atoms in total. The molecule has 0 unspecified atom stereocenters. The summed E-state index contributed by atoms with van der Waals surface area (Å²) in [5.74, 6) is 0.812. The first-order valence-corrected chi connectivity index (χ1v) is 7.91. The average molecular weight is 345 g/mol. The van der Waals surface area contributed by atoms with E-state index in [4.69, 9.17) is 31.5 Å². The summed E-state index contributed by atoms with van der Waals surface area (Å²) in [7, 11) is 0. The summed E-state index contributed by atoms with van der Waals surface area (Å²) in [4.78, 5) is 12.5. The van der Waals surface area contributed by atoms with Crippen molar-refractivity contribution in [2.75, 3.05) is 6.79 Å². The number of Topliss-reactive ketones (excluding diaryl/α,β-unsaturated/α-hetero) is 1. The smallest absolute Gasteiger partial charge is 0.231 e. The van der Waals surface area contributed by atoms with Gasteiger partial charge in [0.05, 0.1) is 10.9 Å². The molecule has 0 spiro atoms. The monoisotopic (exact) mass is 344 g/mol. The van der Waals surface area contributed by atoms with Crippen LogP contribution in [0.4, 0.5) is 0 Å². The van der Waals surface area contributed by atoms with Crippen LogP contribution in [0.25, 0.3) is 0 Å². The van der Waals surface area contributed by atoms with Crippen molar-refractivity contribution in [3.8, 4) is 17.6 Å². The molecule has 0 amide bonds. The summed E-state index contributed by atoms with van der Waals surface area (Å²) >= 11 is 6.48. The van der Waals surface area contributed by atoms with E-state index >= 15 is 0 Å². The Kier molecular flexibility index (Phi) is 3.39. The van der Waals surface area contributed by atoms with Crippen LogP contribution in [0.1, 0.15) is 30.7 Å². The van der Waals surface area contributed by atoms with Crippen molar-refractivity contribution in [2.24, 2.45) is 5.73 Å². The number of nitriles is 1. The van der Waals surface area contributed by atoms with Gasteiger partial charge in [-0.15, -0.1) is 0 Å². The fourth-order valence-corrected chi connectivity index (χ4v) is 3.66. The second-order valence-electron chi connectivity index (χ2n) is 5.74. The lowest BCUT2D eigenvalue weighted by Crippen LogP contribution is -2.27. The molecule has 2 N–H and O–H groups in total. The third kappa shape index (κ3) is 2.05. The van der Waals surface area contributed by atoms with Gasteiger partial charge in [-0.25, -0.2) is 0 Å². The Labute approximate surface area is 143 Å². The first-order chi connectivity index (χ1) is 11.6. The molecule has 1 atom stereocenters. The molecular formula is C17H13ClN2O4. The summed E-state index contributed by atoms with van der Waals surface area (Å²) in [5.41, 5.74) is 7.16. The van der Waals surface area contributed by atoms with Crippen LogP contribution in [0.2, 0.25) is 5.02 Å². The van der Waals surface area contributed by atoms with Gasteiger partial charge in [0.2, 0.25) is 12.7 Å². The number of nitrogens with zero attached hydrogens (tertiary/aromatic N) is 1. The van der Waals surface area contributed by atoms with Gasteiger partial charge in [0.25, 0.3) is 0 Å². The molecule has 1 aliphatic carbocycles. The standard InChI is InChI=1S/C17H13ClN2O4/c18-15-8(4-5-12-16(15)23-7-22-12)13-9(6-19)17(20)24-11-3-1-2-10(21)14(11)13/h4-5,13H,1-3,7,20H2/t13-/m1/s1. The summed E-state index contributed by atoms with van der Waals surface area (Å²) in [6, 6.07) is 5.52. The maximum absolute atomic E-state index is 12.5. The molecule has 0 radical (unpaired) electrons. The molecule has 1 aromatic carbocycles. The number of carbonyl (C=O) groups excluding carboxylic acids is 1. The van der Waals surface area contributed by atoms with Crippen LogP contribution < -0.4 is 15.2 Å². The largest absolute Gasteiger partial charge is 0.454 e. The van der Waals surface area contributed by atoms with E-state index in [0.717, 1.165) is 0 Å². The van der Waals surface area contributed by atoms with Gasteiger partial charge >= 0.3 is 0 Å². The van der Waals surface area contributed by atoms with Gasteiger partial charge in [-0.3, -0.25) is 4.79 Å². The molecule has 0 aromatic heterocycles. The van der Waals surface area contributed by atoms with E-state index in [9.17, 15) is 10.1 Å². The molecule has 4 rings (SSSR count). The molecule has 0 saturated heterocycles. The van der Waals surface area contributed by atoms with Gasteiger partial charge in [-0.05, 0) is 18.1 Å². The number of carbonyl (C=O) groups is 1. The Morgan fingerprint density at radius 2 is 2.12 bits per heavy atom. The molecule has 0 bridgehead atoms. The minimum Gasteiger partial charge on any atom is -0.454 e. The first-order valence-electron chi connectivity index (χ1n) is 7.53. The van der Waals surface area contributed by atoms with E-state index in [1.54, 1.807) is 12.1 Å². The zero-order valence-corrected chi connectivity index (χ0v) is 13.4. The summed E-state index contributed by atoms with van der Waals surface area (Å²) < 4.78 is 16.3. The van der Waals surface area contributed by atoms with Crippen molar-refractivity contribution in [3.63, 3.8) is 0 Å². The van der Waals surface area contributed by atoms with Gasteiger partial charge in [0.15, 0.2) is 17.3 Å². The first kappa shape index (κ1) is 14.9. The minimum absolute atomic E-state index is 0.0182. The highest BCUT2D eigenvalue weighted by atomic mass is 35.5. The highest BCUT2D eigenvalue weighted by Gasteiger charge is 2.39. The number of hydrogen-bond acceptors (Lipinski definition) is 6.